The Hall–Kier alpha value is -1.19. The molecule has 1 heterocycles. The molecule has 1 atom stereocenters. The van der Waals surface area contributed by atoms with Crippen molar-refractivity contribution in [3.05, 3.63) is 21.2 Å². The summed E-state index contributed by atoms with van der Waals surface area (Å²) in [4.78, 5) is 12.4. The van der Waals surface area contributed by atoms with Crippen LogP contribution in [-0.2, 0) is 0 Å². The summed E-state index contributed by atoms with van der Waals surface area (Å²) < 4.78 is 37.5. The van der Waals surface area contributed by atoms with Crippen molar-refractivity contribution in [3.63, 3.8) is 0 Å². The van der Waals surface area contributed by atoms with Crippen molar-refractivity contribution in [3.8, 4) is 0 Å². The van der Waals surface area contributed by atoms with Crippen molar-refractivity contribution in [2.45, 2.75) is 12.2 Å². The van der Waals surface area contributed by atoms with Crippen LogP contribution in [0.2, 0.25) is 0 Å². The zero-order valence-corrected chi connectivity index (χ0v) is 8.57. The molecule has 0 saturated heterocycles. The number of halogens is 4. The number of aromatic nitrogens is 3. The largest absolute Gasteiger partial charge is 0.417 e. The number of hydrogen-bond donors (Lipinski definition) is 0. The van der Waals surface area contributed by atoms with E-state index in [1.165, 1.54) is 0 Å². The molecule has 6 nitrogen and oxygen atoms in total. The summed E-state index contributed by atoms with van der Waals surface area (Å²) in [7, 11) is 0. The summed E-state index contributed by atoms with van der Waals surface area (Å²) in [5.74, 6) is 0. The van der Waals surface area contributed by atoms with E-state index in [9.17, 15) is 23.3 Å². The number of nitrogens with zero attached hydrogens (tertiary/aromatic N) is 4. The van der Waals surface area contributed by atoms with E-state index < -0.39 is 23.7 Å². The molecular weight excluding hydrogens is 285 g/mol. The highest BCUT2D eigenvalue weighted by molar-refractivity contribution is 9.10. The Balaban J connectivity index is 2.96. The maximum absolute atomic E-state index is 12.4. The second kappa shape index (κ2) is 4.13. The van der Waals surface area contributed by atoms with E-state index in [-0.39, 0.29) is 4.73 Å². The molecule has 0 aromatic carbocycles. The smallest absolute Gasteiger partial charge is 0.264 e. The molecule has 0 fully saturated rings. The number of rotatable bonds is 3. The Kier molecular flexibility index (Phi) is 3.27. The van der Waals surface area contributed by atoms with Gasteiger partial charge in [-0.3, -0.25) is 10.1 Å². The summed E-state index contributed by atoms with van der Waals surface area (Å²) >= 11 is 2.75. The molecule has 1 aromatic heterocycles. The average molecular weight is 289 g/mol. The Morgan fingerprint density at radius 3 is 2.60 bits per heavy atom. The summed E-state index contributed by atoms with van der Waals surface area (Å²) in [6.45, 7) is -1.28. The third-order valence-electron chi connectivity index (χ3n) is 1.50. The van der Waals surface area contributed by atoms with E-state index in [1.54, 1.807) is 0 Å². The van der Waals surface area contributed by atoms with Crippen LogP contribution in [0, 0.1) is 10.1 Å². The number of hydrogen-bond acceptors (Lipinski definition) is 4. The van der Waals surface area contributed by atoms with Gasteiger partial charge >= 0.3 is 6.18 Å². The standard InChI is InChI=1S/C5H4BrF3N4O2/c6-4-10-2-12(11-4)3(1-13(14)15)5(7,8)9/h2-3H,1H2. The van der Waals surface area contributed by atoms with E-state index in [1.807, 2.05) is 0 Å². The van der Waals surface area contributed by atoms with Crippen LogP contribution < -0.4 is 0 Å². The van der Waals surface area contributed by atoms with Gasteiger partial charge < -0.3 is 0 Å². The van der Waals surface area contributed by atoms with Crippen molar-refractivity contribution in [1.29, 1.82) is 0 Å². The zero-order chi connectivity index (χ0) is 11.6. The lowest BCUT2D eigenvalue weighted by atomic mass is 10.3. The maximum Gasteiger partial charge on any atom is 0.417 e. The van der Waals surface area contributed by atoms with E-state index in [4.69, 9.17) is 0 Å². The minimum atomic E-state index is -4.74. The fourth-order valence-corrected chi connectivity index (χ4v) is 1.16. The molecule has 84 valence electrons. The maximum atomic E-state index is 12.4. The molecule has 0 saturated carbocycles. The minimum absolute atomic E-state index is 0.0555. The molecule has 0 spiro atoms. The predicted molar refractivity (Wildman–Crippen MR) is 44.7 cm³/mol. The SMILES string of the molecule is O=[N+]([O-])CC(n1cnc(Br)n1)C(F)(F)F. The van der Waals surface area contributed by atoms with Gasteiger partial charge in [-0.1, -0.05) is 0 Å². The van der Waals surface area contributed by atoms with E-state index in [0.29, 0.717) is 4.68 Å². The summed E-state index contributed by atoms with van der Waals surface area (Å²) in [5.41, 5.74) is 0. The van der Waals surface area contributed by atoms with Gasteiger partial charge in [0.1, 0.15) is 6.33 Å². The van der Waals surface area contributed by atoms with Gasteiger partial charge in [0.05, 0.1) is 0 Å². The van der Waals surface area contributed by atoms with Gasteiger partial charge in [-0.15, -0.1) is 5.10 Å². The van der Waals surface area contributed by atoms with Crippen LogP contribution in [0.15, 0.2) is 11.1 Å². The monoisotopic (exact) mass is 288 g/mol. The normalized spacial score (nSPS) is 13.9. The van der Waals surface area contributed by atoms with Gasteiger partial charge in [0.25, 0.3) is 0 Å². The molecule has 0 aliphatic heterocycles. The first-order chi connectivity index (χ1) is 6.80. The zero-order valence-electron chi connectivity index (χ0n) is 6.98. The Labute approximate surface area is 89.4 Å². The molecule has 10 heteroatoms. The molecule has 0 radical (unpaired) electrons. The van der Waals surface area contributed by atoms with Gasteiger partial charge in [0.2, 0.25) is 17.3 Å². The lowest BCUT2D eigenvalue weighted by Crippen LogP contribution is -2.33. The average Bonchev–Trinajstić information content (AvgIpc) is 2.45. The van der Waals surface area contributed by atoms with Crippen LogP contribution in [-0.4, -0.2) is 32.4 Å². The summed E-state index contributed by atoms with van der Waals surface area (Å²) in [6, 6.07) is -2.30. The topological polar surface area (TPSA) is 73.8 Å². The molecule has 0 N–H and O–H groups in total. The molecule has 0 aliphatic rings. The van der Waals surface area contributed by atoms with Crippen LogP contribution >= 0.6 is 15.9 Å². The molecule has 1 rings (SSSR count). The first-order valence-corrected chi connectivity index (χ1v) is 4.35. The fraction of sp³-hybridized carbons (Fsp3) is 0.600. The summed E-state index contributed by atoms with van der Waals surface area (Å²) in [5, 5.41) is 13.4. The quantitative estimate of drug-likeness (QED) is 0.623. The van der Waals surface area contributed by atoms with Gasteiger partial charge in [-0.25, -0.2) is 9.67 Å². The highest BCUT2D eigenvalue weighted by Gasteiger charge is 2.45. The molecule has 0 amide bonds. The van der Waals surface area contributed by atoms with Crippen LogP contribution in [0.3, 0.4) is 0 Å². The van der Waals surface area contributed by atoms with Crippen LogP contribution in [0.25, 0.3) is 0 Å². The van der Waals surface area contributed by atoms with Crippen LogP contribution in [0.4, 0.5) is 13.2 Å². The van der Waals surface area contributed by atoms with E-state index >= 15 is 0 Å². The first kappa shape index (κ1) is 11.9. The predicted octanol–water partition coefficient (Wildman–Crippen LogP) is 1.42. The molecule has 0 bridgehead atoms. The van der Waals surface area contributed by atoms with E-state index in [2.05, 4.69) is 26.0 Å². The molecule has 1 unspecified atom stereocenters. The summed E-state index contributed by atoms with van der Waals surface area (Å²) in [6.07, 6.45) is -3.95. The van der Waals surface area contributed by atoms with Gasteiger partial charge in [-0.2, -0.15) is 13.2 Å². The lowest BCUT2D eigenvalue weighted by molar-refractivity contribution is -0.495. The van der Waals surface area contributed by atoms with Gasteiger partial charge in [0, 0.05) is 4.92 Å². The highest BCUT2D eigenvalue weighted by Crippen LogP contribution is 2.30. The fourth-order valence-electron chi connectivity index (χ4n) is 0.882. The van der Waals surface area contributed by atoms with Gasteiger partial charge in [-0.05, 0) is 15.9 Å². The van der Waals surface area contributed by atoms with Crippen molar-refractivity contribution >= 4 is 15.9 Å². The minimum Gasteiger partial charge on any atom is -0.264 e. The second-order valence-corrected chi connectivity index (χ2v) is 3.28. The highest BCUT2D eigenvalue weighted by atomic mass is 79.9. The third kappa shape index (κ3) is 3.15. The van der Waals surface area contributed by atoms with Crippen molar-refractivity contribution in [2.24, 2.45) is 0 Å². The van der Waals surface area contributed by atoms with Crippen LogP contribution in [0.1, 0.15) is 6.04 Å². The van der Waals surface area contributed by atoms with Crippen molar-refractivity contribution < 1.29 is 18.1 Å². The van der Waals surface area contributed by atoms with E-state index in [0.717, 1.165) is 6.33 Å². The lowest BCUT2D eigenvalue weighted by Gasteiger charge is -2.15. The van der Waals surface area contributed by atoms with Gasteiger partial charge in [0.15, 0.2) is 0 Å². The van der Waals surface area contributed by atoms with Crippen molar-refractivity contribution in [2.75, 3.05) is 6.54 Å². The van der Waals surface area contributed by atoms with Crippen LogP contribution in [0.5, 0.6) is 0 Å². The molecule has 1 aromatic rings. The third-order valence-corrected chi connectivity index (χ3v) is 1.86. The Morgan fingerprint density at radius 1 is 1.67 bits per heavy atom. The first-order valence-electron chi connectivity index (χ1n) is 3.56. The molecule has 0 aliphatic carbocycles. The molecular formula is C5H4BrF3N4O2. The second-order valence-electron chi connectivity index (χ2n) is 2.57. The number of nitro groups is 1. The Bertz CT molecular complexity index is 365. The Morgan fingerprint density at radius 2 is 2.27 bits per heavy atom. The number of alkyl halides is 3. The van der Waals surface area contributed by atoms with Crippen molar-refractivity contribution in [1.82, 2.24) is 14.8 Å². The molecule has 15 heavy (non-hydrogen) atoms.